The number of hydrogen-bond donors (Lipinski definition) is 2. The van der Waals surface area contributed by atoms with Crippen LogP contribution in [0.15, 0.2) is 36.5 Å². The van der Waals surface area contributed by atoms with Gasteiger partial charge >= 0.3 is 0 Å². The van der Waals surface area contributed by atoms with Crippen LogP contribution in [-0.4, -0.2) is 26.9 Å². The van der Waals surface area contributed by atoms with E-state index < -0.39 is 0 Å². The van der Waals surface area contributed by atoms with Crippen LogP contribution in [0.4, 0.5) is 0 Å². The van der Waals surface area contributed by atoms with Crippen molar-refractivity contribution in [3.05, 3.63) is 42.4 Å². The summed E-state index contributed by atoms with van der Waals surface area (Å²) in [5.74, 6) is 2.24. The molecule has 6 heteroatoms. The van der Waals surface area contributed by atoms with Gasteiger partial charge < -0.3 is 10.3 Å². The Morgan fingerprint density at radius 2 is 2.19 bits per heavy atom. The largest absolute Gasteiger partial charge is 0.346 e. The SMILES string of the molecule is CCC(NC(=O)CCCCC1CCSS1)c1ncc(-c2ccccc2)[nH]1. The molecule has 26 heavy (non-hydrogen) atoms. The Bertz CT molecular complexity index is 683. The minimum Gasteiger partial charge on any atom is -0.346 e. The highest BCUT2D eigenvalue weighted by Gasteiger charge is 2.18. The Labute approximate surface area is 163 Å². The Morgan fingerprint density at radius 3 is 2.92 bits per heavy atom. The predicted octanol–water partition coefficient (Wildman–Crippen LogP) is 5.36. The minimum atomic E-state index is -0.0539. The summed E-state index contributed by atoms with van der Waals surface area (Å²) in [6.07, 6.45) is 7.94. The van der Waals surface area contributed by atoms with Gasteiger partial charge in [0.2, 0.25) is 5.91 Å². The quantitative estimate of drug-likeness (QED) is 0.448. The van der Waals surface area contributed by atoms with E-state index >= 15 is 0 Å². The van der Waals surface area contributed by atoms with Crippen LogP contribution in [-0.2, 0) is 4.79 Å². The van der Waals surface area contributed by atoms with Gasteiger partial charge in [0.15, 0.2) is 0 Å². The monoisotopic (exact) mass is 389 g/mol. The maximum absolute atomic E-state index is 12.3. The highest BCUT2D eigenvalue weighted by Crippen LogP contribution is 2.39. The molecule has 0 saturated carbocycles. The number of imidazole rings is 1. The zero-order valence-corrected chi connectivity index (χ0v) is 16.9. The number of hydrogen-bond acceptors (Lipinski definition) is 4. The summed E-state index contributed by atoms with van der Waals surface area (Å²) in [6, 6.07) is 10.1. The first-order valence-corrected chi connectivity index (χ1v) is 11.8. The van der Waals surface area contributed by atoms with Crippen molar-refractivity contribution in [3.63, 3.8) is 0 Å². The van der Waals surface area contributed by atoms with Crippen LogP contribution in [0.5, 0.6) is 0 Å². The Balaban J connectivity index is 1.46. The van der Waals surface area contributed by atoms with E-state index in [0.29, 0.717) is 6.42 Å². The molecule has 0 bridgehead atoms. The second kappa shape index (κ2) is 10.1. The summed E-state index contributed by atoms with van der Waals surface area (Å²) >= 11 is 0. The molecule has 140 valence electrons. The number of carbonyl (C=O) groups excluding carboxylic acids is 1. The summed E-state index contributed by atoms with van der Waals surface area (Å²) in [6.45, 7) is 2.07. The van der Waals surface area contributed by atoms with Crippen LogP contribution < -0.4 is 5.32 Å². The first-order valence-electron chi connectivity index (χ1n) is 9.44. The molecule has 2 heterocycles. The van der Waals surface area contributed by atoms with Gasteiger partial charge in [-0.1, -0.05) is 65.3 Å². The van der Waals surface area contributed by atoms with Crippen LogP contribution >= 0.6 is 21.6 Å². The third kappa shape index (κ3) is 5.55. The number of rotatable bonds is 9. The van der Waals surface area contributed by atoms with Crippen LogP contribution in [0.2, 0.25) is 0 Å². The molecule has 0 aliphatic carbocycles. The smallest absolute Gasteiger partial charge is 0.220 e. The van der Waals surface area contributed by atoms with Crippen molar-refractivity contribution in [1.29, 1.82) is 0 Å². The lowest BCUT2D eigenvalue weighted by Crippen LogP contribution is -2.28. The number of amides is 1. The maximum atomic E-state index is 12.3. The van der Waals surface area contributed by atoms with Gasteiger partial charge in [-0.05, 0) is 31.2 Å². The lowest BCUT2D eigenvalue weighted by Gasteiger charge is -2.15. The molecule has 2 atom stereocenters. The number of unbranched alkanes of at least 4 members (excludes halogenated alkanes) is 1. The van der Waals surface area contributed by atoms with E-state index in [1.807, 2.05) is 46.0 Å². The average Bonchev–Trinajstić information content (AvgIpc) is 3.36. The number of carbonyl (C=O) groups is 1. The predicted molar refractivity (Wildman–Crippen MR) is 112 cm³/mol. The maximum Gasteiger partial charge on any atom is 0.220 e. The van der Waals surface area contributed by atoms with Crippen molar-refractivity contribution in [2.24, 2.45) is 0 Å². The third-order valence-corrected chi connectivity index (χ3v) is 7.67. The molecular formula is C20H27N3OS2. The molecule has 4 nitrogen and oxygen atoms in total. The Kier molecular flexibility index (Phi) is 7.50. The molecule has 2 N–H and O–H groups in total. The van der Waals surface area contributed by atoms with Gasteiger partial charge in [0.1, 0.15) is 5.82 Å². The number of nitrogens with zero attached hydrogens (tertiary/aromatic N) is 1. The van der Waals surface area contributed by atoms with Crippen molar-refractivity contribution in [3.8, 4) is 11.3 Å². The minimum absolute atomic E-state index is 0.0539. The number of aromatic amines is 1. The fraction of sp³-hybridized carbons (Fsp3) is 0.500. The van der Waals surface area contributed by atoms with Gasteiger partial charge in [0.05, 0.1) is 17.9 Å². The van der Waals surface area contributed by atoms with Gasteiger partial charge in [0.25, 0.3) is 0 Å². The molecule has 2 aromatic rings. The van der Waals surface area contributed by atoms with Crippen LogP contribution in [0.3, 0.4) is 0 Å². The lowest BCUT2D eigenvalue weighted by molar-refractivity contribution is -0.122. The molecule has 0 radical (unpaired) electrons. The first kappa shape index (κ1) is 19.4. The van der Waals surface area contributed by atoms with Crippen LogP contribution in [0, 0.1) is 0 Å². The molecule has 1 aromatic heterocycles. The average molecular weight is 390 g/mol. The molecular weight excluding hydrogens is 362 g/mol. The molecule has 1 aliphatic heterocycles. The number of aromatic nitrogens is 2. The van der Waals surface area contributed by atoms with Crippen LogP contribution in [0.1, 0.15) is 57.3 Å². The fourth-order valence-corrected chi connectivity index (χ4v) is 6.16. The molecule has 1 aliphatic rings. The van der Waals surface area contributed by atoms with Crippen molar-refractivity contribution in [2.45, 2.75) is 56.7 Å². The van der Waals surface area contributed by atoms with Gasteiger partial charge in [0, 0.05) is 17.4 Å². The molecule has 1 saturated heterocycles. The van der Waals surface area contributed by atoms with E-state index in [2.05, 4.69) is 34.3 Å². The highest BCUT2D eigenvalue weighted by atomic mass is 33.1. The first-order chi connectivity index (χ1) is 12.8. The molecule has 1 aromatic carbocycles. The number of H-pyrrole nitrogens is 1. The van der Waals surface area contributed by atoms with E-state index in [4.69, 9.17) is 0 Å². The van der Waals surface area contributed by atoms with E-state index in [1.165, 1.54) is 18.6 Å². The normalized spacial score (nSPS) is 18.0. The van der Waals surface area contributed by atoms with Crippen molar-refractivity contribution >= 4 is 27.5 Å². The van der Waals surface area contributed by atoms with Crippen molar-refractivity contribution in [1.82, 2.24) is 15.3 Å². The number of benzene rings is 1. The molecule has 3 rings (SSSR count). The van der Waals surface area contributed by atoms with E-state index in [0.717, 1.165) is 41.6 Å². The highest BCUT2D eigenvalue weighted by molar-refractivity contribution is 8.77. The molecule has 0 spiro atoms. The van der Waals surface area contributed by atoms with E-state index in [-0.39, 0.29) is 11.9 Å². The fourth-order valence-electron chi connectivity index (χ4n) is 3.13. The second-order valence-corrected chi connectivity index (χ2v) is 9.44. The summed E-state index contributed by atoms with van der Waals surface area (Å²) in [7, 11) is 4.00. The van der Waals surface area contributed by atoms with Gasteiger partial charge in [-0.15, -0.1) is 0 Å². The zero-order chi connectivity index (χ0) is 18.2. The summed E-state index contributed by atoms with van der Waals surface area (Å²) < 4.78 is 0. The topological polar surface area (TPSA) is 57.8 Å². The molecule has 2 unspecified atom stereocenters. The van der Waals surface area contributed by atoms with E-state index in [1.54, 1.807) is 0 Å². The molecule has 1 fully saturated rings. The van der Waals surface area contributed by atoms with Gasteiger partial charge in [-0.3, -0.25) is 4.79 Å². The number of nitrogens with one attached hydrogen (secondary N) is 2. The van der Waals surface area contributed by atoms with Gasteiger partial charge in [-0.2, -0.15) is 0 Å². The summed E-state index contributed by atoms with van der Waals surface area (Å²) in [5.41, 5.74) is 2.09. The zero-order valence-electron chi connectivity index (χ0n) is 15.2. The third-order valence-electron chi connectivity index (χ3n) is 4.66. The molecule has 1 amide bonds. The van der Waals surface area contributed by atoms with Crippen LogP contribution in [0.25, 0.3) is 11.3 Å². The lowest BCUT2D eigenvalue weighted by atomic mass is 10.1. The Hall–Kier alpha value is -1.40. The van der Waals surface area contributed by atoms with Gasteiger partial charge in [-0.25, -0.2) is 4.98 Å². The standard InChI is InChI=1S/C20H27N3OS2/c1-2-17(20-21-14-18(23-20)15-8-4-3-5-9-15)22-19(24)11-7-6-10-16-12-13-25-26-16/h3-5,8-9,14,16-17H,2,6-7,10-13H2,1H3,(H,21,23)(H,22,24). The summed E-state index contributed by atoms with van der Waals surface area (Å²) in [5, 5.41) is 3.93. The van der Waals surface area contributed by atoms with Crippen molar-refractivity contribution in [2.75, 3.05) is 5.75 Å². The van der Waals surface area contributed by atoms with E-state index in [9.17, 15) is 4.79 Å². The summed E-state index contributed by atoms with van der Waals surface area (Å²) in [4.78, 5) is 20.1. The Morgan fingerprint density at radius 1 is 1.35 bits per heavy atom. The van der Waals surface area contributed by atoms with Crippen molar-refractivity contribution < 1.29 is 4.79 Å². The second-order valence-electron chi connectivity index (χ2n) is 6.65.